The molecule has 0 aliphatic heterocycles. The van der Waals surface area contributed by atoms with Crippen LogP contribution >= 0.6 is 0 Å². The van der Waals surface area contributed by atoms with Crippen LogP contribution < -0.4 is 10.6 Å². The highest BCUT2D eigenvalue weighted by Gasteiger charge is 2.09. The molecule has 0 fully saturated rings. The van der Waals surface area contributed by atoms with E-state index in [0.717, 1.165) is 33.9 Å². The van der Waals surface area contributed by atoms with Crippen molar-refractivity contribution in [1.29, 1.82) is 0 Å². The number of anilines is 3. The summed E-state index contributed by atoms with van der Waals surface area (Å²) >= 11 is 0. The first-order valence-electron chi connectivity index (χ1n) is 8.06. The quantitative estimate of drug-likeness (QED) is 0.748. The topological polar surface area (TPSA) is 70.2 Å². The zero-order valence-corrected chi connectivity index (χ0v) is 14.6. The van der Waals surface area contributed by atoms with Crippen LogP contribution in [0.25, 0.3) is 10.9 Å². The molecule has 0 saturated carbocycles. The SMILES string of the molecule is CC(=O)Nc1cccc(Nc2nc(CN(C)C)nc3ccccc23)c1. The lowest BCUT2D eigenvalue weighted by atomic mass is 10.2. The van der Waals surface area contributed by atoms with Gasteiger partial charge in [0.2, 0.25) is 5.91 Å². The largest absolute Gasteiger partial charge is 0.340 e. The molecule has 1 aromatic heterocycles. The third-order valence-corrected chi connectivity index (χ3v) is 3.55. The number of para-hydroxylation sites is 1. The second kappa shape index (κ2) is 7.27. The summed E-state index contributed by atoms with van der Waals surface area (Å²) in [4.78, 5) is 22.6. The minimum Gasteiger partial charge on any atom is -0.340 e. The van der Waals surface area contributed by atoms with Crippen LogP contribution in [0.4, 0.5) is 17.2 Å². The summed E-state index contributed by atoms with van der Waals surface area (Å²) in [5, 5.41) is 7.09. The number of carbonyl (C=O) groups excluding carboxylic acids is 1. The Morgan fingerprint density at radius 2 is 1.80 bits per heavy atom. The number of rotatable bonds is 5. The molecule has 3 rings (SSSR count). The minimum absolute atomic E-state index is 0.0992. The van der Waals surface area contributed by atoms with Crippen LogP contribution in [0.3, 0.4) is 0 Å². The van der Waals surface area contributed by atoms with Gasteiger partial charge in [0, 0.05) is 23.7 Å². The number of benzene rings is 2. The molecule has 0 spiro atoms. The molecule has 2 aromatic carbocycles. The molecule has 3 aromatic rings. The molecule has 1 heterocycles. The maximum Gasteiger partial charge on any atom is 0.221 e. The monoisotopic (exact) mass is 335 g/mol. The summed E-state index contributed by atoms with van der Waals surface area (Å²) in [5.41, 5.74) is 2.49. The summed E-state index contributed by atoms with van der Waals surface area (Å²) in [6.45, 7) is 2.15. The number of amides is 1. The zero-order chi connectivity index (χ0) is 17.8. The summed E-state index contributed by atoms with van der Waals surface area (Å²) in [6, 6.07) is 15.5. The van der Waals surface area contributed by atoms with Gasteiger partial charge in [-0.3, -0.25) is 4.79 Å². The highest BCUT2D eigenvalue weighted by atomic mass is 16.1. The number of hydrogen-bond acceptors (Lipinski definition) is 5. The van der Waals surface area contributed by atoms with E-state index >= 15 is 0 Å². The van der Waals surface area contributed by atoms with Crippen molar-refractivity contribution in [3.63, 3.8) is 0 Å². The Balaban J connectivity index is 1.98. The molecule has 0 aliphatic rings. The smallest absolute Gasteiger partial charge is 0.221 e. The molecule has 6 nitrogen and oxygen atoms in total. The number of carbonyl (C=O) groups is 1. The molecule has 0 bridgehead atoms. The summed E-state index contributed by atoms with van der Waals surface area (Å²) in [7, 11) is 3.98. The standard InChI is InChI=1S/C19H21N5O/c1-13(25)20-14-7-6-8-15(11-14)21-19-16-9-4-5-10-17(16)22-18(23-19)12-24(2)3/h4-11H,12H2,1-3H3,(H,20,25)(H,21,22,23). The van der Waals surface area contributed by atoms with E-state index in [4.69, 9.17) is 0 Å². The number of fused-ring (bicyclic) bond motifs is 1. The van der Waals surface area contributed by atoms with Crippen molar-refractivity contribution < 1.29 is 4.79 Å². The Labute approximate surface area is 146 Å². The Hall–Kier alpha value is -2.99. The molecular weight excluding hydrogens is 314 g/mol. The van der Waals surface area contributed by atoms with Crippen LogP contribution in [0.5, 0.6) is 0 Å². The second-order valence-electron chi connectivity index (χ2n) is 6.13. The maximum atomic E-state index is 11.2. The van der Waals surface area contributed by atoms with Crippen LogP contribution in [0.15, 0.2) is 48.5 Å². The van der Waals surface area contributed by atoms with Crippen molar-refractivity contribution in [3.8, 4) is 0 Å². The summed E-state index contributed by atoms with van der Waals surface area (Å²) in [6.07, 6.45) is 0. The molecular formula is C19H21N5O. The lowest BCUT2D eigenvalue weighted by molar-refractivity contribution is -0.114. The fraction of sp³-hybridized carbons (Fsp3) is 0.211. The third kappa shape index (κ3) is 4.30. The molecule has 25 heavy (non-hydrogen) atoms. The second-order valence-corrected chi connectivity index (χ2v) is 6.13. The fourth-order valence-electron chi connectivity index (χ4n) is 2.59. The highest BCUT2D eigenvalue weighted by Crippen LogP contribution is 2.25. The summed E-state index contributed by atoms with van der Waals surface area (Å²) in [5.74, 6) is 1.41. The first kappa shape index (κ1) is 16.9. The van der Waals surface area contributed by atoms with E-state index in [2.05, 4.69) is 20.6 Å². The van der Waals surface area contributed by atoms with E-state index in [1.807, 2.05) is 67.5 Å². The van der Waals surface area contributed by atoms with Gasteiger partial charge < -0.3 is 15.5 Å². The highest BCUT2D eigenvalue weighted by molar-refractivity contribution is 5.92. The van der Waals surface area contributed by atoms with Crippen LogP contribution in [0, 0.1) is 0 Å². The van der Waals surface area contributed by atoms with Gasteiger partial charge in [0.1, 0.15) is 11.6 Å². The average molecular weight is 335 g/mol. The van der Waals surface area contributed by atoms with Gasteiger partial charge in [-0.15, -0.1) is 0 Å². The number of hydrogen-bond donors (Lipinski definition) is 2. The van der Waals surface area contributed by atoms with E-state index in [1.54, 1.807) is 0 Å². The maximum absolute atomic E-state index is 11.2. The van der Waals surface area contributed by atoms with Crippen molar-refractivity contribution in [1.82, 2.24) is 14.9 Å². The Morgan fingerprint density at radius 3 is 2.56 bits per heavy atom. The molecule has 0 radical (unpaired) electrons. The van der Waals surface area contributed by atoms with Crippen LogP contribution in [-0.2, 0) is 11.3 Å². The van der Waals surface area contributed by atoms with Gasteiger partial charge >= 0.3 is 0 Å². The summed E-state index contributed by atoms with van der Waals surface area (Å²) < 4.78 is 0. The predicted molar refractivity (Wildman–Crippen MR) is 101 cm³/mol. The van der Waals surface area contributed by atoms with Gasteiger partial charge in [0.05, 0.1) is 12.1 Å². The number of nitrogens with one attached hydrogen (secondary N) is 2. The van der Waals surface area contributed by atoms with Crippen molar-refractivity contribution >= 4 is 34.0 Å². The van der Waals surface area contributed by atoms with E-state index < -0.39 is 0 Å². The Kier molecular flexibility index (Phi) is 4.90. The van der Waals surface area contributed by atoms with E-state index in [0.29, 0.717) is 6.54 Å². The molecule has 0 aliphatic carbocycles. The lowest BCUT2D eigenvalue weighted by Gasteiger charge is -2.14. The molecule has 0 saturated heterocycles. The van der Waals surface area contributed by atoms with Gasteiger partial charge in [0.25, 0.3) is 0 Å². The molecule has 6 heteroatoms. The zero-order valence-electron chi connectivity index (χ0n) is 14.6. The van der Waals surface area contributed by atoms with Gasteiger partial charge in [0.15, 0.2) is 0 Å². The first-order chi connectivity index (χ1) is 12.0. The predicted octanol–water partition coefficient (Wildman–Crippen LogP) is 3.39. The Morgan fingerprint density at radius 1 is 1.04 bits per heavy atom. The van der Waals surface area contributed by atoms with Crippen molar-refractivity contribution in [2.45, 2.75) is 13.5 Å². The van der Waals surface area contributed by atoms with Crippen LogP contribution in [0.2, 0.25) is 0 Å². The minimum atomic E-state index is -0.0992. The Bertz CT molecular complexity index is 907. The number of aromatic nitrogens is 2. The van der Waals surface area contributed by atoms with Gasteiger partial charge in [-0.1, -0.05) is 18.2 Å². The normalized spacial score (nSPS) is 10.9. The lowest BCUT2D eigenvalue weighted by Crippen LogP contribution is -2.14. The van der Waals surface area contributed by atoms with E-state index in [1.165, 1.54) is 6.92 Å². The fourth-order valence-corrected chi connectivity index (χ4v) is 2.59. The molecule has 0 atom stereocenters. The molecule has 2 N–H and O–H groups in total. The van der Waals surface area contributed by atoms with E-state index in [-0.39, 0.29) is 5.91 Å². The number of nitrogens with zero attached hydrogens (tertiary/aromatic N) is 3. The molecule has 128 valence electrons. The molecule has 0 unspecified atom stereocenters. The first-order valence-corrected chi connectivity index (χ1v) is 8.06. The van der Waals surface area contributed by atoms with Crippen molar-refractivity contribution in [2.24, 2.45) is 0 Å². The van der Waals surface area contributed by atoms with Crippen molar-refractivity contribution in [2.75, 3.05) is 24.7 Å². The van der Waals surface area contributed by atoms with Crippen LogP contribution in [0.1, 0.15) is 12.7 Å². The third-order valence-electron chi connectivity index (χ3n) is 3.55. The van der Waals surface area contributed by atoms with Gasteiger partial charge in [-0.25, -0.2) is 9.97 Å². The van der Waals surface area contributed by atoms with Crippen molar-refractivity contribution in [3.05, 3.63) is 54.4 Å². The van der Waals surface area contributed by atoms with Crippen LogP contribution in [-0.4, -0.2) is 34.9 Å². The van der Waals surface area contributed by atoms with E-state index in [9.17, 15) is 4.79 Å². The van der Waals surface area contributed by atoms with Gasteiger partial charge in [-0.05, 0) is 44.4 Å². The average Bonchev–Trinajstić information content (AvgIpc) is 2.54. The van der Waals surface area contributed by atoms with Gasteiger partial charge in [-0.2, -0.15) is 0 Å². The molecule has 1 amide bonds.